The molecule has 0 aromatic carbocycles. The van der Waals surface area contributed by atoms with Crippen LogP contribution in [-0.2, 0) is 4.79 Å². The minimum Gasteiger partial charge on any atom is -0.343 e. The Morgan fingerprint density at radius 1 is 1.16 bits per heavy atom. The Balaban J connectivity index is 1.56. The number of rotatable bonds is 4. The molecule has 0 bridgehead atoms. The molecular formula is C19H28N4O2. The molecule has 3 amide bonds. The van der Waals surface area contributed by atoms with Crippen molar-refractivity contribution in [1.29, 1.82) is 0 Å². The van der Waals surface area contributed by atoms with Gasteiger partial charge in [-0.05, 0) is 43.7 Å². The quantitative estimate of drug-likeness (QED) is 0.882. The number of amides is 3. The largest absolute Gasteiger partial charge is 0.343 e. The van der Waals surface area contributed by atoms with E-state index in [0.717, 1.165) is 31.4 Å². The molecule has 6 heteroatoms. The zero-order valence-corrected chi connectivity index (χ0v) is 14.9. The molecule has 2 aliphatic rings. The molecule has 2 heterocycles. The monoisotopic (exact) mass is 344 g/mol. The average Bonchev–Trinajstić information content (AvgIpc) is 3.15. The van der Waals surface area contributed by atoms with Gasteiger partial charge in [0.05, 0.1) is 11.7 Å². The molecule has 1 saturated heterocycles. The van der Waals surface area contributed by atoms with E-state index in [9.17, 15) is 9.59 Å². The van der Waals surface area contributed by atoms with Crippen LogP contribution in [0, 0.1) is 5.92 Å². The van der Waals surface area contributed by atoms with Crippen LogP contribution in [0.5, 0.6) is 0 Å². The molecule has 1 aliphatic heterocycles. The van der Waals surface area contributed by atoms with Crippen molar-refractivity contribution in [3.63, 3.8) is 0 Å². The highest BCUT2D eigenvalue weighted by molar-refractivity contribution is 5.75. The van der Waals surface area contributed by atoms with E-state index in [4.69, 9.17) is 0 Å². The molecule has 25 heavy (non-hydrogen) atoms. The highest BCUT2D eigenvalue weighted by Gasteiger charge is 2.29. The van der Waals surface area contributed by atoms with Crippen LogP contribution in [0.15, 0.2) is 24.4 Å². The highest BCUT2D eigenvalue weighted by Crippen LogP contribution is 2.34. The molecular weight excluding hydrogens is 316 g/mol. The van der Waals surface area contributed by atoms with Crippen molar-refractivity contribution in [1.82, 2.24) is 20.5 Å². The Hall–Kier alpha value is -2.11. The number of carbonyl (C=O) groups excluding carboxylic acids is 2. The summed E-state index contributed by atoms with van der Waals surface area (Å²) in [6.07, 6.45) is 8.13. The number of piperidine rings is 1. The first-order valence-electron chi connectivity index (χ1n) is 9.37. The molecule has 0 unspecified atom stereocenters. The lowest BCUT2D eigenvalue weighted by molar-refractivity contribution is -0.129. The molecule has 6 nitrogen and oxygen atoms in total. The summed E-state index contributed by atoms with van der Waals surface area (Å²) in [5.41, 5.74) is 0.941. The number of carbonyl (C=O) groups is 2. The number of aromatic nitrogens is 1. The van der Waals surface area contributed by atoms with Gasteiger partial charge in [0.2, 0.25) is 5.91 Å². The third-order valence-corrected chi connectivity index (χ3v) is 5.44. The fraction of sp³-hybridized carbons (Fsp3) is 0.632. The van der Waals surface area contributed by atoms with Crippen molar-refractivity contribution >= 4 is 11.9 Å². The van der Waals surface area contributed by atoms with Gasteiger partial charge in [-0.3, -0.25) is 9.78 Å². The van der Waals surface area contributed by atoms with E-state index in [1.807, 2.05) is 23.1 Å². The highest BCUT2D eigenvalue weighted by atomic mass is 16.2. The van der Waals surface area contributed by atoms with E-state index in [1.165, 1.54) is 12.8 Å². The number of likely N-dealkylation sites (tertiary alicyclic amines) is 1. The Morgan fingerprint density at radius 3 is 2.48 bits per heavy atom. The number of pyridine rings is 1. The number of hydrogen-bond donors (Lipinski definition) is 2. The first-order chi connectivity index (χ1) is 12.1. The fourth-order valence-corrected chi connectivity index (χ4v) is 3.99. The van der Waals surface area contributed by atoms with Crippen LogP contribution < -0.4 is 10.6 Å². The third kappa shape index (κ3) is 4.71. The van der Waals surface area contributed by atoms with Gasteiger partial charge < -0.3 is 15.5 Å². The normalized spacial score (nSPS) is 20.3. The van der Waals surface area contributed by atoms with Crippen LogP contribution >= 0.6 is 0 Å². The summed E-state index contributed by atoms with van der Waals surface area (Å²) >= 11 is 0. The molecule has 3 rings (SSSR count). The van der Waals surface area contributed by atoms with Crippen molar-refractivity contribution in [2.24, 2.45) is 5.92 Å². The first-order valence-corrected chi connectivity index (χ1v) is 9.37. The van der Waals surface area contributed by atoms with Gasteiger partial charge in [0.1, 0.15) is 0 Å². The van der Waals surface area contributed by atoms with E-state index >= 15 is 0 Å². The minimum atomic E-state index is -0.121. The maximum absolute atomic E-state index is 12.5. The van der Waals surface area contributed by atoms with Gasteiger partial charge >= 0.3 is 6.03 Å². The zero-order chi connectivity index (χ0) is 17.6. The van der Waals surface area contributed by atoms with Crippen molar-refractivity contribution in [2.45, 2.75) is 57.5 Å². The summed E-state index contributed by atoms with van der Waals surface area (Å²) in [6, 6.07) is 5.85. The zero-order valence-electron chi connectivity index (χ0n) is 14.9. The molecule has 2 fully saturated rings. The molecule has 1 aromatic rings. The van der Waals surface area contributed by atoms with E-state index in [0.29, 0.717) is 19.0 Å². The Labute approximate surface area is 149 Å². The molecule has 0 spiro atoms. The van der Waals surface area contributed by atoms with Crippen molar-refractivity contribution in [3.8, 4) is 0 Å². The number of hydrogen-bond acceptors (Lipinski definition) is 3. The van der Waals surface area contributed by atoms with Crippen LogP contribution in [0.2, 0.25) is 0 Å². The van der Waals surface area contributed by atoms with E-state index in [1.54, 1.807) is 13.1 Å². The van der Waals surface area contributed by atoms with Crippen LogP contribution in [0.4, 0.5) is 4.79 Å². The van der Waals surface area contributed by atoms with Gasteiger partial charge in [0, 0.05) is 32.3 Å². The number of nitrogens with one attached hydrogen (secondary N) is 2. The molecule has 0 radical (unpaired) electrons. The topological polar surface area (TPSA) is 74.3 Å². The van der Waals surface area contributed by atoms with Gasteiger partial charge in [-0.2, -0.15) is 0 Å². The minimum absolute atomic E-state index is 0.0268. The number of nitrogens with zero attached hydrogens (tertiary/aromatic N) is 2. The second-order valence-electron chi connectivity index (χ2n) is 7.17. The molecule has 1 aliphatic carbocycles. The second kappa shape index (κ2) is 8.32. The van der Waals surface area contributed by atoms with Crippen molar-refractivity contribution < 1.29 is 9.59 Å². The SMILES string of the molecule is CC(=O)N1CCC(NC(=O)N[C@H](c2ccccn2)C2CCCC2)CC1. The summed E-state index contributed by atoms with van der Waals surface area (Å²) in [4.78, 5) is 30.2. The Bertz CT molecular complexity index is 578. The molecule has 1 saturated carbocycles. The standard InChI is InChI=1S/C19H28N4O2/c1-14(24)23-12-9-16(10-13-23)21-19(25)22-18(15-6-2-3-7-15)17-8-4-5-11-20-17/h4-5,8,11,15-16,18H,2-3,6-7,9-10,12-13H2,1H3,(H2,21,22,25)/t18-/m0/s1. The lowest BCUT2D eigenvalue weighted by atomic mass is 9.95. The molecule has 136 valence electrons. The summed E-state index contributed by atoms with van der Waals surface area (Å²) in [5.74, 6) is 0.569. The second-order valence-corrected chi connectivity index (χ2v) is 7.17. The third-order valence-electron chi connectivity index (χ3n) is 5.44. The molecule has 1 aromatic heterocycles. The van der Waals surface area contributed by atoms with Gasteiger partial charge in [-0.15, -0.1) is 0 Å². The lowest BCUT2D eigenvalue weighted by Crippen LogP contribution is -2.50. The summed E-state index contributed by atoms with van der Waals surface area (Å²) in [6.45, 7) is 3.03. The number of urea groups is 1. The Kier molecular flexibility index (Phi) is 5.89. The van der Waals surface area contributed by atoms with Gasteiger partial charge in [-0.1, -0.05) is 18.9 Å². The van der Waals surface area contributed by atoms with E-state index < -0.39 is 0 Å². The predicted octanol–water partition coefficient (Wildman–Crippen LogP) is 2.62. The summed E-state index contributed by atoms with van der Waals surface area (Å²) in [5, 5.41) is 6.25. The van der Waals surface area contributed by atoms with Crippen LogP contribution in [-0.4, -0.2) is 41.0 Å². The van der Waals surface area contributed by atoms with Crippen molar-refractivity contribution in [3.05, 3.63) is 30.1 Å². The van der Waals surface area contributed by atoms with Crippen LogP contribution in [0.3, 0.4) is 0 Å². The molecule has 2 N–H and O–H groups in total. The van der Waals surface area contributed by atoms with Gasteiger partial charge in [0.25, 0.3) is 0 Å². The van der Waals surface area contributed by atoms with Crippen molar-refractivity contribution in [2.75, 3.05) is 13.1 Å². The smallest absolute Gasteiger partial charge is 0.315 e. The Morgan fingerprint density at radius 2 is 1.88 bits per heavy atom. The summed E-state index contributed by atoms with van der Waals surface area (Å²) < 4.78 is 0. The van der Waals surface area contributed by atoms with Gasteiger partial charge in [0.15, 0.2) is 0 Å². The van der Waals surface area contributed by atoms with Crippen LogP contribution in [0.25, 0.3) is 0 Å². The fourth-order valence-electron chi connectivity index (χ4n) is 3.99. The maximum Gasteiger partial charge on any atom is 0.315 e. The maximum atomic E-state index is 12.5. The predicted molar refractivity (Wildman–Crippen MR) is 95.9 cm³/mol. The first kappa shape index (κ1) is 17.7. The van der Waals surface area contributed by atoms with E-state index in [-0.39, 0.29) is 24.0 Å². The van der Waals surface area contributed by atoms with Gasteiger partial charge in [-0.25, -0.2) is 4.79 Å². The lowest BCUT2D eigenvalue weighted by Gasteiger charge is -2.32. The summed E-state index contributed by atoms with van der Waals surface area (Å²) in [7, 11) is 0. The van der Waals surface area contributed by atoms with Crippen LogP contribution in [0.1, 0.15) is 57.2 Å². The van der Waals surface area contributed by atoms with E-state index in [2.05, 4.69) is 15.6 Å². The molecule has 1 atom stereocenters. The average molecular weight is 344 g/mol.